The van der Waals surface area contributed by atoms with Crippen LogP contribution < -0.4 is 5.32 Å². The zero-order chi connectivity index (χ0) is 12.9. The Kier molecular flexibility index (Phi) is 3.74. The van der Waals surface area contributed by atoms with Crippen LogP contribution in [0.1, 0.15) is 18.1 Å². The zero-order valence-corrected chi connectivity index (χ0v) is 10.7. The first-order valence-corrected chi connectivity index (χ1v) is 6.58. The van der Waals surface area contributed by atoms with Crippen molar-refractivity contribution in [3.05, 3.63) is 42.0 Å². The van der Waals surface area contributed by atoms with E-state index in [4.69, 9.17) is 9.26 Å². The molecule has 1 aromatic carbocycles. The molecule has 5 nitrogen and oxygen atoms in total. The highest BCUT2D eigenvalue weighted by atomic mass is 16.5. The monoisotopic (exact) mass is 259 g/mol. The molecule has 2 heterocycles. The Morgan fingerprint density at radius 2 is 2.16 bits per heavy atom. The number of ether oxygens (including phenoxy) is 1. The molecule has 0 radical (unpaired) electrons. The maximum atomic E-state index is 5.34. The molecule has 5 heteroatoms. The lowest BCUT2D eigenvalue weighted by Crippen LogP contribution is -2.05. The summed E-state index contributed by atoms with van der Waals surface area (Å²) in [5.41, 5.74) is 1.05. The summed E-state index contributed by atoms with van der Waals surface area (Å²) in [6, 6.07) is 9.98. The number of anilines is 1. The molecule has 1 saturated heterocycles. The summed E-state index contributed by atoms with van der Waals surface area (Å²) in [6.45, 7) is 2.22. The van der Waals surface area contributed by atoms with Gasteiger partial charge < -0.3 is 14.6 Å². The van der Waals surface area contributed by atoms with Crippen molar-refractivity contribution in [2.24, 2.45) is 5.92 Å². The van der Waals surface area contributed by atoms with Gasteiger partial charge in [0, 0.05) is 25.3 Å². The highest BCUT2D eigenvalue weighted by Crippen LogP contribution is 2.16. The number of nitrogens with one attached hydrogen (secondary N) is 1. The third-order valence-corrected chi connectivity index (χ3v) is 3.22. The van der Waals surface area contributed by atoms with Crippen LogP contribution in [-0.2, 0) is 17.7 Å². The largest absolute Gasteiger partial charge is 0.381 e. The molecule has 1 aliphatic heterocycles. The number of hydrogen-bond acceptors (Lipinski definition) is 5. The van der Waals surface area contributed by atoms with Gasteiger partial charge in [-0.15, -0.1) is 0 Å². The van der Waals surface area contributed by atoms with E-state index in [1.807, 2.05) is 30.3 Å². The Hall–Kier alpha value is -1.88. The van der Waals surface area contributed by atoms with Gasteiger partial charge in [0.2, 0.25) is 5.89 Å². The predicted molar refractivity (Wildman–Crippen MR) is 70.7 cm³/mol. The standard InChI is InChI=1S/C14H17N3O2/c1-2-4-12(5-3-1)15-9-14-16-13(17-19-14)8-11-6-7-18-10-11/h1-5,11,15H,6-10H2. The van der Waals surface area contributed by atoms with Gasteiger partial charge in [0.15, 0.2) is 5.82 Å². The number of para-hydroxylation sites is 1. The van der Waals surface area contributed by atoms with Crippen LogP contribution in [0.2, 0.25) is 0 Å². The van der Waals surface area contributed by atoms with E-state index in [-0.39, 0.29) is 0 Å². The number of hydrogen-bond donors (Lipinski definition) is 1. The Morgan fingerprint density at radius 3 is 2.95 bits per heavy atom. The molecule has 1 unspecified atom stereocenters. The number of benzene rings is 1. The molecule has 1 fully saturated rings. The second-order valence-electron chi connectivity index (χ2n) is 4.76. The minimum Gasteiger partial charge on any atom is -0.381 e. The minimum absolute atomic E-state index is 0.535. The summed E-state index contributed by atoms with van der Waals surface area (Å²) in [7, 11) is 0. The van der Waals surface area contributed by atoms with Gasteiger partial charge in [-0.05, 0) is 24.5 Å². The van der Waals surface area contributed by atoms with Crippen LogP contribution >= 0.6 is 0 Å². The molecule has 1 aromatic heterocycles. The van der Waals surface area contributed by atoms with Gasteiger partial charge in [0.05, 0.1) is 6.54 Å². The van der Waals surface area contributed by atoms with E-state index in [0.717, 1.165) is 37.6 Å². The Morgan fingerprint density at radius 1 is 1.26 bits per heavy atom. The average Bonchev–Trinajstić information content (AvgIpc) is 3.10. The van der Waals surface area contributed by atoms with Crippen LogP contribution in [0.3, 0.4) is 0 Å². The lowest BCUT2D eigenvalue weighted by Gasteiger charge is -2.02. The van der Waals surface area contributed by atoms with Gasteiger partial charge in [0.25, 0.3) is 0 Å². The fourth-order valence-corrected chi connectivity index (χ4v) is 2.18. The second-order valence-corrected chi connectivity index (χ2v) is 4.76. The van der Waals surface area contributed by atoms with E-state index in [0.29, 0.717) is 18.4 Å². The summed E-state index contributed by atoms with van der Waals surface area (Å²) < 4.78 is 10.6. The number of nitrogens with zero attached hydrogens (tertiary/aromatic N) is 2. The molecule has 1 atom stereocenters. The summed E-state index contributed by atoms with van der Waals surface area (Å²) in [5.74, 6) is 1.94. The first-order valence-electron chi connectivity index (χ1n) is 6.58. The van der Waals surface area contributed by atoms with Crippen molar-refractivity contribution < 1.29 is 9.26 Å². The lowest BCUT2D eigenvalue weighted by atomic mass is 10.1. The second kappa shape index (κ2) is 5.84. The van der Waals surface area contributed by atoms with E-state index in [1.54, 1.807) is 0 Å². The summed E-state index contributed by atoms with van der Waals surface area (Å²) in [5, 5.41) is 7.26. The minimum atomic E-state index is 0.535. The van der Waals surface area contributed by atoms with Crippen LogP contribution in [-0.4, -0.2) is 23.4 Å². The molecule has 0 bridgehead atoms. The molecule has 0 spiro atoms. The van der Waals surface area contributed by atoms with Crippen molar-refractivity contribution in [2.45, 2.75) is 19.4 Å². The Labute approximate surface area is 112 Å². The van der Waals surface area contributed by atoms with Gasteiger partial charge in [-0.1, -0.05) is 23.4 Å². The predicted octanol–water partition coefficient (Wildman–Crippen LogP) is 2.26. The molecule has 0 amide bonds. The molecule has 1 aliphatic rings. The number of aromatic nitrogens is 2. The van der Waals surface area contributed by atoms with Gasteiger partial charge in [-0.2, -0.15) is 4.98 Å². The van der Waals surface area contributed by atoms with Crippen LogP contribution in [0.25, 0.3) is 0 Å². The Bertz CT molecular complexity index is 506. The SMILES string of the molecule is c1ccc(NCc2nc(CC3CCOC3)no2)cc1. The topological polar surface area (TPSA) is 60.2 Å². The Balaban J connectivity index is 1.53. The molecule has 0 saturated carbocycles. The quantitative estimate of drug-likeness (QED) is 0.892. The van der Waals surface area contributed by atoms with Crippen molar-refractivity contribution in [1.29, 1.82) is 0 Å². The smallest absolute Gasteiger partial charge is 0.245 e. The van der Waals surface area contributed by atoms with E-state index < -0.39 is 0 Å². The van der Waals surface area contributed by atoms with E-state index >= 15 is 0 Å². The van der Waals surface area contributed by atoms with Gasteiger partial charge in [-0.25, -0.2) is 0 Å². The van der Waals surface area contributed by atoms with Gasteiger partial charge in [-0.3, -0.25) is 0 Å². The van der Waals surface area contributed by atoms with Crippen molar-refractivity contribution in [1.82, 2.24) is 10.1 Å². The van der Waals surface area contributed by atoms with Gasteiger partial charge in [0.1, 0.15) is 0 Å². The first kappa shape index (κ1) is 12.2. The maximum Gasteiger partial charge on any atom is 0.245 e. The molecule has 0 aliphatic carbocycles. The van der Waals surface area contributed by atoms with Crippen LogP contribution in [0.5, 0.6) is 0 Å². The zero-order valence-electron chi connectivity index (χ0n) is 10.7. The maximum absolute atomic E-state index is 5.34. The summed E-state index contributed by atoms with van der Waals surface area (Å²) in [4.78, 5) is 4.39. The molecular formula is C14H17N3O2. The van der Waals surface area contributed by atoms with Crippen molar-refractivity contribution in [3.8, 4) is 0 Å². The summed E-state index contributed by atoms with van der Waals surface area (Å²) >= 11 is 0. The van der Waals surface area contributed by atoms with Crippen molar-refractivity contribution >= 4 is 5.69 Å². The fourth-order valence-electron chi connectivity index (χ4n) is 2.18. The molecule has 3 rings (SSSR count). The molecular weight excluding hydrogens is 242 g/mol. The van der Waals surface area contributed by atoms with Crippen LogP contribution in [0.4, 0.5) is 5.69 Å². The molecule has 1 N–H and O–H groups in total. The van der Waals surface area contributed by atoms with Crippen molar-refractivity contribution in [3.63, 3.8) is 0 Å². The van der Waals surface area contributed by atoms with E-state index in [2.05, 4.69) is 15.5 Å². The van der Waals surface area contributed by atoms with Crippen LogP contribution in [0, 0.1) is 5.92 Å². The highest BCUT2D eigenvalue weighted by molar-refractivity contribution is 5.42. The normalized spacial score (nSPS) is 18.6. The third-order valence-electron chi connectivity index (χ3n) is 3.22. The molecule has 100 valence electrons. The molecule has 19 heavy (non-hydrogen) atoms. The first-order chi connectivity index (χ1) is 9.40. The van der Waals surface area contributed by atoms with E-state index in [1.165, 1.54) is 0 Å². The highest BCUT2D eigenvalue weighted by Gasteiger charge is 2.18. The van der Waals surface area contributed by atoms with Crippen LogP contribution in [0.15, 0.2) is 34.9 Å². The van der Waals surface area contributed by atoms with Crippen molar-refractivity contribution in [2.75, 3.05) is 18.5 Å². The molecule has 2 aromatic rings. The average molecular weight is 259 g/mol. The number of rotatable bonds is 5. The third kappa shape index (κ3) is 3.32. The fraction of sp³-hybridized carbons (Fsp3) is 0.429. The van der Waals surface area contributed by atoms with Gasteiger partial charge >= 0.3 is 0 Å². The van der Waals surface area contributed by atoms with E-state index in [9.17, 15) is 0 Å². The summed E-state index contributed by atoms with van der Waals surface area (Å²) in [6.07, 6.45) is 1.93. The lowest BCUT2D eigenvalue weighted by molar-refractivity contribution is 0.185.